The van der Waals surface area contributed by atoms with E-state index in [0.29, 0.717) is 5.84 Å². The summed E-state index contributed by atoms with van der Waals surface area (Å²) >= 11 is 0. The molecular weight excluding hydrogens is 200 g/mol. The lowest BCUT2D eigenvalue weighted by Crippen LogP contribution is -2.43. The number of hydrogen-bond donors (Lipinski definition) is 1. The molecule has 1 aliphatic heterocycles. The molecule has 0 spiro atoms. The van der Waals surface area contributed by atoms with Crippen molar-refractivity contribution >= 4 is 5.84 Å². The molecule has 0 radical (unpaired) electrons. The first-order chi connectivity index (χ1) is 7.25. The van der Waals surface area contributed by atoms with Crippen molar-refractivity contribution in [3.63, 3.8) is 0 Å². The van der Waals surface area contributed by atoms with Gasteiger partial charge in [-0.3, -0.25) is 0 Å². The molecule has 0 aromatic carbocycles. The van der Waals surface area contributed by atoms with Crippen molar-refractivity contribution in [2.24, 2.45) is 21.7 Å². The monoisotopic (exact) mass is 220 g/mol. The van der Waals surface area contributed by atoms with E-state index in [1.807, 2.05) is 0 Å². The number of nitrogens with two attached hydrogens (primary N) is 1. The summed E-state index contributed by atoms with van der Waals surface area (Å²) < 4.78 is 0. The fourth-order valence-corrected chi connectivity index (χ4v) is 2.43. The van der Waals surface area contributed by atoms with Gasteiger partial charge in [-0.15, -0.1) is 0 Å². The van der Waals surface area contributed by atoms with Gasteiger partial charge in [0.1, 0.15) is 0 Å². The van der Waals surface area contributed by atoms with Crippen molar-refractivity contribution in [3.8, 4) is 0 Å². The van der Waals surface area contributed by atoms with Crippen molar-refractivity contribution in [1.29, 1.82) is 0 Å². The minimum Gasteiger partial charge on any atom is -0.385 e. The van der Waals surface area contributed by atoms with Gasteiger partial charge in [-0.1, -0.05) is 43.7 Å². The third-order valence-corrected chi connectivity index (χ3v) is 3.41. The first kappa shape index (κ1) is 11.2. The Kier molecular flexibility index (Phi) is 2.19. The van der Waals surface area contributed by atoms with Crippen molar-refractivity contribution in [2.75, 3.05) is 0 Å². The van der Waals surface area contributed by atoms with Crippen molar-refractivity contribution in [1.82, 2.24) is 0 Å². The molecule has 88 valence electrons. The lowest BCUT2D eigenvalue weighted by Gasteiger charge is -2.37. The highest BCUT2D eigenvalue weighted by Crippen LogP contribution is 2.46. The molecule has 1 aliphatic carbocycles. The summed E-state index contributed by atoms with van der Waals surface area (Å²) in [6, 6.07) is 0. The number of allylic oxidation sites excluding steroid dienone is 2. The Morgan fingerprint density at radius 1 is 1.44 bits per heavy atom. The second-order valence-electron chi connectivity index (χ2n) is 5.98. The second-order valence-corrected chi connectivity index (χ2v) is 5.98. The highest BCUT2D eigenvalue weighted by Gasteiger charge is 2.49. The quantitative estimate of drug-likeness (QED) is 0.682. The molecule has 0 saturated carbocycles. The lowest BCUT2D eigenvalue weighted by atomic mass is 9.68. The molecule has 0 aromatic heterocycles. The number of oxime groups is 1. The van der Waals surface area contributed by atoms with Crippen molar-refractivity contribution in [2.45, 2.75) is 40.7 Å². The van der Waals surface area contributed by atoms with Gasteiger partial charge >= 0.3 is 0 Å². The minimum atomic E-state index is -0.276. The largest absolute Gasteiger partial charge is 0.385 e. The summed E-state index contributed by atoms with van der Waals surface area (Å²) in [5.41, 5.74) is 8.23. The molecule has 2 atom stereocenters. The zero-order valence-electron chi connectivity index (χ0n) is 10.7. The van der Waals surface area contributed by atoms with Gasteiger partial charge in [-0.25, -0.2) is 0 Å². The smallest absolute Gasteiger partial charge is 0.165 e. The van der Waals surface area contributed by atoms with Gasteiger partial charge < -0.3 is 10.6 Å². The zero-order valence-corrected chi connectivity index (χ0v) is 10.7. The summed E-state index contributed by atoms with van der Waals surface area (Å²) in [5.74, 6) is 0.576. The zero-order chi connectivity index (χ0) is 12.1. The molecule has 2 rings (SSSR count). The van der Waals surface area contributed by atoms with Crippen LogP contribution in [0.4, 0.5) is 0 Å². The van der Waals surface area contributed by atoms with Gasteiger partial charge in [0.05, 0.1) is 5.41 Å². The lowest BCUT2D eigenvalue weighted by molar-refractivity contribution is 0.0576. The van der Waals surface area contributed by atoms with E-state index in [1.165, 1.54) is 11.1 Å². The minimum absolute atomic E-state index is 0.0452. The van der Waals surface area contributed by atoms with Gasteiger partial charge in [-0.2, -0.15) is 0 Å². The first-order valence-electron chi connectivity index (χ1n) is 5.66. The van der Waals surface area contributed by atoms with Crippen LogP contribution in [0.2, 0.25) is 0 Å². The molecule has 1 heterocycles. The van der Waals surface area contributed by atoms with Crippen molar-refractivity contribution < 1.29 is 4.84 Å². The number of rotatable bonds is 0. The van der Waals surface area contributed by atoms with E-state index in [9.17, 15) is 0 Å². The molecule has 0 amide bonds. The Bertz CT molecular complexity index is 412. The van der Waals surface area contributed by atoms with E-state index in [4.69, 9.17) is 10.6 Å². The summed E-state index contributed by atoms with van der Waals surface area (Å²) in [6.07, 6.45) is 4.30. The third-order valence-electron chi connectivity index (χ3n) is 3.41. The molecule has 0 aromatic rings. The fourth-order valence-electron chi connectivity index (χ4n) is 2.43. The summed E-state index contributed by atoms with van der Waals surface area (Å²) in [6.45, 7) is 10.8. The highest BCUT2D eigenvalue weighted by molar-refractivity contribution is 5.90. The molecule has 3 heteroatoms. The van der Waals surface area contributed by atoms with Gasteiger partial charge in [0.15, 0.2) is 11.9 Å². The van der Waals surface area contributed by atoms with Crippen molar-refractivity contribution in [3.05, 3.63) is 23.3 Å². The van der Waals surface area contributed by atoms with Gasteiger partial charge in [0, 0.05) is 0 Å². The summed E-state index contributed by atoms with van der Waals surface area (Å²) in [7, 11) is 0. The topological polar surface area (TPSA) is 47.6 Å². The Hall–Kier alpha value is -1.25. The van der Waals surface area contributed by atoms with Crippen LogP contribution in [-0.4, -0.2) is 11.9 Å². The molecule has 2 aliphatic rings. The average molecular weight is 220 g/mol. The number of hydrogen-bond acceptors (Lipinski definition) is 3. The van der Waals surface area contributed by atoms with Crippen LogP contribution in [0.3, 0.4) is 0 Å². The average Bonchev–Trinajstić information content (AvgIpc) is 2.40. The maximum absolute atomic E-state index is 5.94. The normalized spacial score (nSPS) is 33.6. The maximum atomic E-state index is 5.94. The first-order valence-corrected chi connectivity index (χ1v) is 5.66. The maximum Gasteiger partial charge on any atom is 0.165 e. The Morgan fingerprint density at radius 3 is 2.62 bits per heavy atom. The molecule has 2 N–H and O–H groups in total. The van der Waals surface area contributed by atoms with Gasteiger partial charge in [0.25, 0.3) is 0 Å². The van der Waals surface area contributed by atoms with Crippen LogP contribution >= 0.6 is 0 Å². The summed E-state index contributed by atoms with van der Waals surface area (Å²) in [4.78, 5) is 5.51. The van der Waals surface area contributed by atoms with Crippen LogP contribution in [0, 0.1) is 10.8 Å². The van der Waals surface area contributed by atoms with Crippen LogP contribution in [0.1, 0.15) is 34.6 Å². The predicted octanol–water partition coefficient (Wildman–Crippen LogP) is 2.60. The van der Waals surface area contributed by atoms with Crippen LogP contribution < -0.4 is 5.73 Å². The Balaban J connectivity index is 2.50. The Morgan fingerprint density at radius 2 is 2.06 bits per heavy atom. The molecule has 0 bridgehead atoms. The highest BCUT2D eigenvalue weighted by atomic mass is 16.6. The molecule has 0 saturated heterocycles. The Labute approximate surface area is 97.0 Å². The van der Waals surface area contributed by atoms with E-state index in [1.54, 1.807) is 0 Å². The predicted molar refractivity (Wildman–Crippen MR) is 65.9 cm³/mol. The molecule has 16 heavy (non-hydrogen) atoms. The summed E-state index contributed by atoms with van der Waals surface area (Å²) in [5, 5.41) is 3.96. The molecule has 3 nitrogen and oxygen atoms in total. The van der Waals surface area contributed by atoms with E-state index < -0.39 is 0 Å². The SMILES string of the molecule is CC1=CC2(C)C(N)=NOC2C(C(C)(C)C)=C1. The standard InChI is InChI=1S/C13H20N2O/c1-8-6-9(12(2,3)4)10-13(5,7-8)11(14)15-16-10/h6-7,10H,1-5H3,(H2,14,15). The molecule has 0 fully saturated rings. The second kappa shape index (κ2) is 3.12. The number of amidine groups is 1. The van der Waals surface area contributed by atoms with Crippen LogP contribution in [0.5, 0.6) is 0 Å². The van der Waals surface area contributed by atoms with E-state index in [-0.39, 0.29) is 16.9 Å². The van der Waals surface area contributed by atoms with E-state index in [0.717, 1.165) is 0 Å². The van der Waals surface area contributed by atoms with Gasteiger partial charge in [0.2, 0.25) is 0 Å². The molecular formula is C13H20N2O. The number of fused-ring (bicyclic) bond motifs is 1. The molecule has 2 unspecified atom stereocenters. The van der Waals surface area contributed by atoms with Gasteiger partial charge in [-0.05, 0) is 24.8 Å². The van der Waals surface area contributed by atoms with E-state index >= 15 is 0 Å². The van der Waals surface area contributed by atoms with Crippen LogP contribution in [-0.2, 0) is 4.84 Å². The number of nitrogens with zero attached hydrogens (tertiary/aromatic N) is 1. The third kappa shape index (κ3) is 1.46. The fraction of sp³-hybridized carbons (Fsp3) is 0.615. The van der Waals surface area contributed by atoms with E-state index in [2.05, 4.69) is 51.9 Å². The van der Waals surface area contributed by atoms with Crippen LogP contribution in [0.15, 0.2) is 28.5 Å². The van der Waals surface area contributed by atoms with Crippen LogP contribution in [0.25, 0.3) is 0 Å².